The number of benzene rings is 1. The summed E-state index contributed by atoms with van der Waals surface area (Å²) >= 11 is 4.79. The van der Waals surface area contributed by atoms with Crippen molar-refractivity contribution in [2.45, 2.75) is 25.8 Å². The number of halogens is 1. The molecule has 2 N–H and O–H groups in total. The topological polar surface area (TPSA) is 46.3 Å². The number of likely N-dealkylation sites (tertiary alicyclic amines) is 1. The fraction of sp³-hybridized carbons (Fsp3) is 0.385. The summed E-state index contributed by atoms with van der Waals surface area (Å²) in [5, 5.41) is 0. The first-order chi connectivity index (χ1) is 8.59. The number of hydrogen-bond acceptors (Lipinski definition) is 2. The highest BCUT2D eigenvalue weighted by atomic mass is 32.1. The maximum absolute atomic E-state index is 14.1. The lowest BCUT2D eigenvalue weighted by molar-refractivity contribution is -0.133. The summed E-state index contributed by atoms with van der Waals surface area (Å²) in [4.78, 5) is 13.4. The molecule has 0 unspecified atom stereocenters. The van der Waals surface area contributed by atoms with Crippen molar-refractivity contribution in [1.29, 1.82) is 0 Å². The highest BCUT2D eigenvalue weighted by molar-refractivity contribution is 7.80. The van der Waals surface area contributed by atoms with E-state index >= 15 is 0 Å². The van der Waals surface area contributed by atoms with Crippen molar-refractivity contribution in [2.24, 2.45) is 5.73 Å². The summed E-state index contributed by atoms with van der Waals surface area (Å²) in [7, 11) is 0. The average molecular weight is 266 g/mol. The first kappa shape index (κ1) is 13.0. The smallest absolute Gasteiger partial charge is 0.222 e. The lowest BCUT2D eigenvalue weighted by atomic mass is 10.1. The van der Waals surface area contributed by atoms with Gasteiger partial charge in [-0.3, -0.25) is 4.79 Å². The summed E-state index contributed by atoms with van der Waals surface area (Å²) in [6, 6.07) is 4.93. The third kappa shape index (κ3) is 2.67. The molecule has 96 valence electrons. The van der Waals surface area contributed by atoms with Gasteiger partial charge in [0.2, 0.25) is 5.91 Å². The van der Waals surface area contributed by atoms with Crippen molar-refractivity contribution >= 4 is 23.1 Å². The fourth-order valence-corrected chi connectivity index (χ4v) is 2.28. The van der Waals surface area contributed by atoms with Crippen molar-refractivity contribution in [3.63, 3.8) is 0 Å². The predicted molar refractivity (Wildman–Crippen MR) is 71.6 cm³/mol. The molecule has 1 aromatic rings. The fourth-order valence-electron chi connectivity index (χ4n) is 2.13. The molecule has 0 atom stereocenters. The number of carbonyl (C=O) groups is 1. The van der Waals surface area contributed by atoms with E-state index in [0.29, 0.717) is 25.1 Å². The highest BCUT2D eigenvalue weighted by Gasteiger charge is 2.20. The molecule has 1 heterocycles. The minimum absolute atomic E-state index is 0.0410. The van der Waals surface area contributed by atoms with Gasteiger partial charge in [-0.2, -0.15) is 0 Å². The Kier molecular flexibility index (Phi) is 3.91. The Hall–Kier alpha value is -1.49. The molecule has 3 nitrogen and oxygen atoms in total. The maximum atomic E-state index is 14.1. The average Bonchev–Trinajstić information content (AvgIpc) is 2.34. The first-order valence-corrected chi connectivity index (χ1v) is 6.35. The van der Waals surface area contributed by atoms with Gasteiger partial charge < -0.3 is 10.6 Å². The zero-order chi connectivity index (χ0) is 13.1. The number of piperidine rings is 1. The molecule has 0 saturated carbocycles. The Morgan fingerprint density at radius 3 is 2.89 bits per heavy atom. The number of nitrogens with two attached hydrogens (primary N) is 1. The lowest BCUT2D eigenvalue weighted by Gasteiger charge is -2.27. The van der Waals surface area contributed by atoms with Crippen LogP contribution in [0.1, 0.15) is 30.4 Å². The van der Waals surface area contributed by atoms with E-state index in [0.717, 1.165) is 12.8 Å². The molecule has 0 spiro atoms. The molecule has 0 aromatic heterocycles. The van der Waals surface area contributed by atoms with Crippen molar-refractivity contribution in [2.75, 3.05) is 6.54 Å². The number of amides is 1. The van der Waals surface area contributed by atoms with E-state index in [1.54, 1.807) is 23.1 Å². The Morgan fingerprint density at radius 2 is 2.22 bits per heavy atom. The molecule has 1 fully saturated rings. The van der Waals surface area contributed by atoms with Gasteiger partial charge in [0.1, 0.15) is 10.8 Å². The van der Waals surface area contributed by atoms with Crippen LogP contribution in [0.4, 0.5) is 4.39 Å². The van der Waals surface area contributed by atoms with Crippen LogP contribution in [-0.2, 0) is 11.3 Å². The highest BCUT2D eigenvalue weighted by Crippen LogP contribution is 2.18. The largest absolute Gasteiger partial charge is 0.389 e. The second-order valence-electron chi connectivity index (χ2n) is 4.42. The molecule has 0 bridgehead atoms. The van der Waals surface area contributed by atoms with Gasteiger partial charge in [0.25, 0.3) is 0 Å². The Balaban J connectivity index is 2.21. The van der Waals surface area contributed by atoms with Crippen LogP contribution in [0.2, 0.25) is 0 Å². The second-order valence-corrected chi connectivity index (χ2v) is 4.86. The summed E-state index contributed by atoms with van der Waals surface area (Å²) < 4.78 is 14.1. The molecule has 2 rings (SSSR count). The summed E-state index contributed by atoms with van der Waals surface area (Å²) in [6.45, 7) is 0.983. The van der Waals surface area contributed by atoms with Gasteiger partial charge >= 0.3 is 0 Å². The van der Waals surface area contributed by atoms with Gasteiger partial charge in [0.05, 0.1) is 0 Å². The number of carbonyl (C=O) groups excluding carboxylic acids is 1. The van der Waals surface area contributed by atoms with Gasteiger partial charge in [-0.1, -0.05) is 24.4 Å². The minimum atomic E-state index is -0.414. The van der Waals surface area contributed by atoms with E-state index < -0.39 is 5.82 Å². The van der Waals surface area contributed by atoms with Crippen molar-refractivity contribution < 1.29 is 9.18 Å². The van der Waals surface area contributed by atoms with Crippen LogP contribution >= 0.6 is 12.2 Å². The molecule has 0 radical (unpaired) electrons. The van der Waals surface area contributed by atoms with Gasteiger partial charge in [-0.05, 0) is 18.9 Å². The molecular weight excluding hydrogens is 251 g/mol. The third-order valence-corrected chi connectivity index (χ3v) is 3.35. The van der Waals surface area contributed by atoms with Crippen LogP contribution in [0, 0.1) is 5.82 Å². The van der Waals surface area contributed by atoms with Crippen molar-refractivity contribution in [1.82, 2.24) is 4.90 Å². The van der Waals surface area contributed by atoms with Gasteiger partial charge in [-0.25, -0.2) is 4.39 Å². The van der Waals surface area contributed by atoms with E-state index in [-0.39, 0.29) is 16.5 Å². The van der Waals surface area contributed by atoms with E-state index in [2.05, 4.69) is 0 Å². The third-order valence-electron chi connectivity index (χ3n) is 3.13. The van der Waals surface area contributed by atoms with Gasteiger partial charge in [0.15, 0.2) is 0 Å². The SMILES string of the molecule is NC(=S)c1cccc(CN2CCCCC2=O)c1F. The monoisotopic (exact) mass is 266 g/mol. The zero-order valence-electron chi connectivity index (χ0n) is 9.99. The molecule has 1 aliphatic heterocycles. The summed E-state index contributed by atoms with van der Waals surface area (Å²) in [5.74, 6) is -0.329. The summed E-state index contributed by atoms with van der Waals surface area (Å²) in [6.07, 6.45) is 2.45. The molecule has 18 heavy (non-hydrogen) atoms. The number of rotatable bonds is 3. The van der Waals surface area contributed by atoms with E-state index in [1.807, 2.05) is 0 Å². The standard InChI is InChI=1S/C13H15FN2OS/c14-12-9(4-3-5-10(12)13(15)18)8-16-7-2-1-6-11(16)17/h3-5H,1-2,6-8H2,(H2,15,18). The molecule has 1 aliphatic rings. The first-order valence-electron chi connectivity index (χ1n) is 5.94. The number of thiocarbonyl (C=S) groups is 1. The van der Waals surface area contributed by atoms with E-state index in [1.165, 1.54) is 0 Å². The Morgan fingerprint density at radius 1 is 1.44 bits per heavy atom. The zero-order valence-corrected chi connectivity index (χ0v) is 10.8. The molecule has 5 heteroatoms. The van der Waals surface area contributed by atoms with E-state index in [4.69, 9.17) is 18.0 Å². The quantitative estimate of drug-likeness (QED) is 0.851. The molecule has 1 saturated heterocycles. The minimum Gasteiger partial charge on any atom is -0.389 e. The van der Waals surface area contributed by atoms with Gasteiger partial charge in [0, 0.05) is 30.6 Å². The maximum Gasteiger partial charge on any atom is 0.222 e. The molecule has 0 aliphatic carbocycles. The predicted octanol–water partition coefficient (Wildman–Crippen LogP) is 1.97. The summed E-state index contributed by atoms with van der Waals surface area (Å²) in [5.41, 5.74) is 6.17. The molecular formula is C13H15FN2OS. The van der Waals surface area contributed by atoms with Gasteiger partial charge in [-0.15, -0.1) is 0 Å². The number of nitrogens with zero attached hydrogens (tertiary/aromatic N) is 1. The Labute approximate surface area is 111 Å². The Bertz CT molecular complexity index is 490. The number of hydrogen-bond donors (Lipinski definition) is 1. The molecule has 1 aromatic carbocycles. The van der Waals surface area contributed by atoms with Crippen molar-refractivity contribution in [3.8, 4) is 0 Å². The van der Waals surface area contributed by atoms with Crippen molar-refractivity contribution in [3.05, 3.63) is 35.1 Å². The lowest BCUT2D eigenvalue weighted by Crippen LogP contribution is -2.35. The molecule has 1 amide bonds. The van der Waals surface area contributed by atoms with Crippen LogP contribution in [0.15, 0.2) is 18.2 Å². The van der Waals surface area contributed by atoms with Crippen LogP contribution in [0.3, 0.4) is 0 Å². The normalized spacial score (nSPS) is 15.8. The van der Waals surface area contributed by atoms with Crippen LogP contribution in [0.25, 0.3) is 0 Å². The van der Waals surface area contributed by atoms with Crippen LogP contribution in [0.5, 0.6) is 0 Å². The van der Waals surface area contributed by atoms with E-state index in [9.17, 15) is 9.18 Å². The van der Waals surface area contributed by atoms with Crippen LogP contribution < -0.4 is 5.73 Å². The van der Waals surface area contributed by atoms with Crippen LogP contribution in [-0.4, -0.2) is 22.3 Å². The second kappa shape index (κ2) is 5.44.